The fourth-order valence-corrected chi connectivity index (χ4v) is 6.02. The maximum Gasteiger partial charge on any atom is 0.353 e. The second-order valence-electron chi connectivity index (χ2n) is 8.22. The molecule has 0 aliphatic rings. The standard InChI is InChI=1S/C28H19Cl2NO6S/c29-23-7-4-8-24(30)22(23)16-36-19-11-14-25-21(15-19)27(26(31-25)28(32)33)38(34,35)20-12-9-18(10-13-20)37-17-5-2-1-3-6-17/h1-15,31H,16H2,(H,32,33). The number of benzene rings is 4. The highest BCUT2D eigenvalue weighted by Gasteiger charge is 2.30. The van der Waals surface area contributed by atoms with Crippen LogP contribution in [0.2, 0.25) is 10.0 Å². The lowest BCUT2D eigenvalue weighted by molar-refractivity contribution is 0.0687. The Labute approximate surface area is 228 Å². The second kappa shape index (κ2) is 10.4. The Morgan fingerprint density at radius 1 is 0.816 bits per heavy atom. The average molecular weight is 568 g/mol. The number of hydrogen-bond acceptors (Lipinski definition) is 5. The number of aromatic amines is 1. The Morgan fingerprint density at radius 2 is 1.45 bits per heavy atom. The topological polar surface area (TPSA) is 106 Å². The zero-order valence-electron chi connectivity index (χ0n) is 19.5. The van der Waals surface area contributed by atoms with Crippen LogP contribution in [0.3, 0.4) is 0 Å². The molecule has 0 amide bonds. The van der Waals surface area contributed by atoms with E-state index in [1.807, 2.05) is 18.2 Å². The largest absolute Gasteiger partial charge is 0.489 e. The van der Waals surface area contributed by atoms with Gasteiger partial charge in [-0.3, -0.25) is 0 Å². The molecule has 0 atom stereocenters. The molecule has 38 heavy (non-hydrogen) atoms. The van der Waals surface area contributed by atoms with Crippen molar-refractivity contribution in [1.29, 1.82) is 0 Å². The van der Waals surface area contributed by atoms with E-state index >= 15 is 0 Å². The van der Waals surface area contributed by atoms with Crippen molar-refractivity contribution in [1.82, 2.24) is 4.98 Å². The van der Waals surface area contributed by atoms with Crippen molar-refractivity contribution >= 4 is 49.9 Å². The fourth-order valence-electron chi connectivity index (χ4n) is 3.92. The van der Waals surface area contributed by atoms with Crippen molar-refractivity contribution in [3.05, 3.63) is 112 Å². The van der Waals surface area contributed by atoms with Crippen LogP contribution >= 0.6 is 23.2 Å². The molecule has 0 unspecified atom stereocenters. The molecule has 0 spiro atoms. The van der Waals surface area contributed by atoms with E-state index in [-0.39, 0.29) is 21.8 Å². The van der Waals surface area contributed by atoms with Crippen molar-refractivity contribution in [2.45, 2.75) is 16.4 Å². The third-order valence-electron chi connectivity index (χ3n) is 5.76. The van der Waals surface area contributed by atoms with Gasteiger partial charge in [0.15, 0.2) is 0 Å². The van der Waals surface area contributed by atoms with Gasteiger partial charge in [-0.2, -0.15) is 0 Å². The minimum Gasteiger partial charge on any atom is -0.489 e. The Hall–Kier alpha value is -3.98. The van der Waals surface area contributed by atoms with Crippen molar-refractivity contribution in [3.63, 3.8) is 0 Å². The Bertz CT molecular complexity index is 1730. The molecule has 10 heteroatoms. The Morgan fingerprint density at radius 3 is 2.11 bits per heavy atom. The van der Waals surface area contributed by atoms with Crippen LogP contribution in [-0.2, 0) is 16.4 Å². The molecule has 1 heterocycles. The van der Waals surface area contributed by atoms with Gasteiger partial charge in [0.1, 0.15) is 34.4 Å². The summed E-state index contributed by atoms with van der Waals surface area (Å²) >= 11 is 12.4. The first-order valence-electron chi connectivity index (χ1n) is 11.3. The normalized spacial score (nSPS) is 11.4. The zero-order chi connectivity index (χ0) is 26.9. The highest BCUT2D eigenvalue weighted by molar-refractivity contribution is 7.91. The van der Waals surface area contributed by atoms with Gasteiger partial charge in [0, 0.05) is 26.5 Å². The number of sulfone groups is 1. The first-order valence-corrected chi connectivity index (χ1v) is 13.5. The number of carboxylic acid groups (broad SMARTS) is 1. The zero-order valence-corrected chi connectivity index (χ0v) is 21.8. The van der Waals surface area contributed by atoms with Gasteiger partial charge in [-0.05, 0) is 66.7 Å². The molecule has 0 fully saturated rings. The Kier molecular flexibility index (Phi) is 7.03. The number of fused-ring (bicyclic) bond motifs is 1. The lowest BCUT2D eigenvalue weighted by atomic mass is 10.2. The summed E-state index contributed by atoms with van der Waals surface area (Å²) in [5, 5.41) is 10.8. The third-order valence-corrected chi connectivity index (χ3v) is 8.33. The number of H-pyrrole nitrogens is 1. The van der Waals surface area contributed by atoms with Gasteiger partial charge in [-0.1, -0.05) is 47.5 Å². The minimum atomic E-state index is -4.25. The summed E-state index contributed by atoms with van der Waals surface area (Å²) in [5.74, 6) is -0.0680. The quantitative estimate of drug-likeness (QED) is 0.202. The van der Waals surface area contributed by atoms with Crippen LogP contribution < -0.4 is 9.47 Å². The molecule has 192 valence electrons. The van der Waals surface area contributed by atoms with Crippen LogP contribution in [-0.4, -0.2) is 24.5 Å². The van der Waals surface area contributed by atoms with Gasteiger partial charge in [-0.15, -0.1) is 0 Å². The molecule has 0 aliphatic carbocycles. The molecular weight excluding hydrogens is 549 g/mol. The molecule has 4 aromatic carbocycles. The number of aromatic carboxylic acids is 1. The molecule has 0 aliphatic heterocycles. The SMILES string of the molecule is O=C(O)c1[nH]c2ccc(OCc3c(Cl)cccc3Cl)cc2c1S(=O)(=O)c1ccc(Oc2ccccc2)cc1. The highest BCUT2D eigenvalue weighted by Crippen LogP contribution is 2.35. The molecular formula is C28H19Cl2NO6S. The average Bonchev–Trinajstić information content (AvgIpc) is 3.30. The van der Waals surface area contributed by atoms with E-state index < -0.39 is 21.5 Å². The lowest BCUT2D eigenvalue weighted by Gasteiger charge is -2.10. The summed E-state index contributed by atoms with van der Waals surface area (Å²) in [7, 11) is -4.25. The number of carboxylic acids is 1. The number of aromatic nitrogens is 1. The van der Waals surface area contributed by atoms with Crippen LogP contribution in [0.25, 0.3) is 10.9 Å². The Balaban J connectivity index is 1.50. The maximum atomic E-state index is 13.7. The maximum absolute atomic E-state index is 13.7. The van der Waals surface area contributed by atoms with E-state index in [4.69, 9.17) is 32.7 Å². The molecule has 0 radical (unpaired) electrons. The molecule has 0 saturated carbocycles. The van der Waals surface area contributed by atoms with Gasteiger partial charge >= 0.3 is 5.97 Å². The van der Waals surface area contributed by atoms with Crippen LogP contribution in [0.5, 0.6) is 17.2 Å². The van der Waals surface area contributed by atoms with E-state index in [0.29, 0.717) is 38.4 Å². The van der Waals surface area contributed by atoms with Crippen LogP contribution in [0.15, 0.2) is 101 Å². The minimum absolute atomic E-state index is 0.0329. The number of nitrogens with one attached hydrogen (secondary N) is 1. The van der Waals surface area contributed by atoms with Crippen molar-refractivity contribution in [2.75, 3.05) is 0 Å². The van der Waals surface area contributed by atoms with Crippen molar-refractivity contribution in [2.24, 2.45) is 0 Å². The number of ether oxygens (including phenoxy) is 2. The monoisotopic (exact) mass is 567 g/mol. The lowest BCUT2D eigenvalue weighted by Crippen LogP contribution is -2.08. The van der Waals surface area contributed by atoms with Gasteiger partial charge in [0.25, 0.3) is 0 Å². The molecule has 1 aromatic heterocycles. The van der Waals surface area contributed by atoms with E-state index in [1.165, 1.54) is 30.3 Å². The van der Waals surface area contributed by atoms with Crippen LogP contribution in [0, 0.1) is 0 Å². The van der Waals surface area contributed by atoms with Crippen LogP contribution in [0.4, 0.5) is 0 Å². The molecule has 7 nitrogen and oxygen atoms in total. The summed E-state index contributed by atoms with van der Waals surface area (Å²) in [6, 6.07) is 24.5. The van der Waals surface area contributed by atoms with Gasteiger partial charge in [0.2, 0.25) is 9.84 Å². The fraction of sp³-hybridized carbons (Fsp3) is 0.0357. The van der Waals surface area contributed by atoms with E-state index in [2.05, 4.69) is 4.98 Å². The predicted octanol–water partition coefficient (Wildman–Crippen LogP) is 7.38. The first-order chi connectivity index (χ1) is 18.2. The molecule has 2 N–H and O–H groups in total. The highest BCUT2D eigenvalue weighted by atomic mass is 35.5. The predicted molar refractivity (Wildman–Crippen MR) is 144 cm³/mol. The molecule has 5 aromatic rings. The third kappa shape index (κ3) is 5.06. The number of para-hydroxylation sites is 1. The summed E-state index contributed by atoms with van der Waals surface area (Å²) in [6.07, 6.45) is 0. The number of rotatable bonds is 8. The first kappa shape index (κ1) is 25.7. The van der Waals surface area contributed by atoms with Gasteiger partial charge < -0.3 is 19.6 Å². The van der Waals surface area contributed by atoms with Crippen molar-refractivity contribution in [3.8, 4) is 17.2 Å². The van der Waals surface area contributed by atoms with Crippen molar-refractivity contribution < 1.29 is 27.8 Å². The van der Waals surface area contributed by atoms with Crippen LogP contribution in [0.1, 0.15) is 16.1 Å². The molecule has 0 bridgehead atoms. The molecule has 5 rings (SSSR count). The smallest absolute Gasteiger partial charge is 0.353 e. The number of hydrogen-bond donors (Lipinski definition) is 2. The summed E-state index contributed by atoms with van der Waals surface area (Å²) in [5.41, 5.74) is 0.450. The van der Waals surface area contributed by atoms with E-state index in [0.717, 1.165) is 0 Å². The van der Waals surface area contributed by atoms with E-state index in [1.54, 1.807) is 42.5 Å². The summed E-state index contributed by atoms with van der Waals surface area (Å²) in [6.45, 7) is 0.0329. The summed E-state index contributed by atoms with van der Waals surface area (Å²) in [4.78, 5) is 14.3. The molecule has 0 saturated heterocycles. The number of halogens is 2. The van der Waals surface area contributed by atoms with Gasteiger partial charge in [-0.25, -0.2) is 13.2 Å². The number of carbonyl (C=O) groups is 1. The summed E-state index contributed by atoms with van der Waals surface area (Å²) < 4.78 is 38.9. The van der Waals surface area contributed by atoms with Gasteiger partial charge in [0.05, 0.1) is 4.90 Å². The van der Waals surface area contributed by atoms with E-state index in [9.17, 15) is 18.3 Å². The second-order valence-corrected chi connectivity index (χ2v) is 10.9.